The number of carbonyl (C=O) groups excluding carboxylic acids is 1. The summed E-state index contributed by atoms with van der Waals surface area (Å²) < 4.78 is 7.84. The molecule has 2 aromatic carbocycles. The third-order valence-electron chi connectivity index (χ3n) is 5.47. The number of carbonyl (C=O) groups is 1. The summed E-state index contributed by atoms with van der Waals surface area (Å²) in [4.78, 5) is 20.2. The van der Waals surface area contributed by atoms with Crippen molar-refractivity contribution in [3.63, 3.8) is 0 Å². The van der Waals surface area contributed by atoms with Crippen LogP contribution in [0.3, 0.4) is 0 Å². The van der Waals surface area contributed by atoms with E-state index in [9.17, 15) is 4.79 Å². The van der Waals surface area contributed by atoms with Gasteiger partial charge in [-0.05, 0) is 55.3 Å². The number of nitrogens with one attached hydrogen (secondary N) is 1. The molecule has 1 N–H and O–H groups in total. The van der Waals surface area contributed by atoms with E-state index >= 15 is 0 Å². The molecule has 0 atom stereocenters. The minimum Gasteiger partial charge on any atom is -0.457 e. The molecule has 1 aliphatic carbocycles. The standard InChI is InChI=1S/C24H21N5O2/c1-2-22(30)27-17-12-18(13-17)29-24-21(14-25-15-26-24)23(28-29)16-8-10-20(11-9-16)31-19-6-4-3-5-7-19/h2-11,14-15,17-18H,1,12-13H2,(H,27,30). The molecular weight excluding hydrogens is 390 g/mol. The minimum absolute atomic E-state index is 0.134. The van der Waals surface area contributed by atoms with E-state index in [0.717, 1.165) is 46.6 Å². The number of ether oxygens (including phenoxy) is 1. The highest BCUT2D eigenvalue weighted by Crippen LogP contribution is 2.37. The van der Waals surface area contributed by atoms with Gasteiger partial charge in [-0.2, -0.15) is 5.10 Å². The van der Waals surface area contributed by atoms with Gasteiger partial charge in [-0.3, -0.25) is 4.79 Å². The lowest BCUT2D eigenvalue weighted by atomic mass is 9.87. The van der Waals surface area contributed by atoms with Crippen LogP contribution in [0.2, 0.25) is 0 Å². The molecule has 7 heteroatoms. The zero-order valence-corrected chi connectivity index (χ0v) is 16.8. The molecule has 31 heavy (non-hydrogen) atoms. The Bertz CT molecular complexity index is 1230. The smallest absolute Gasteiger partial charge is 0.243 e. The van der Waals surface area contributed by atoms with Gasteiger partial charge in [-0.25, -0.2) is 14.6 Å². The number of amides is 1. The van der Waals surface area contributed by atoms with Gasteiger partial charge in [0.05, 0.1) is 11.4 Å². The highest BCUT2D eigenvalue weighted by atomic mass is 16.5. The molecule has 5 rings (SSSR count). The summed E-state index contributed by atoms with van der Waals surface area (Å²) in [5.74, 6) is 1.41. The SMILES string of the molecule is C=CC(=O)NC1CC(n2nc(-c3ccc(Oc4ccccc4)cc3)c3cncnc32)C1. The fraction of sp³-hybridized carbons (Fsp3) is 0.167. The highest BCUT2D eigenvalue weighted by molar-refractivity contribution is 5.90. The molecule has 4 aromatic rings. The van der Waals surface area contributed by atoms with Crippen molar-refractivity contribution < 1.29 is 9.53 Å². The van der Waals surface area contributed by atoms with E-state index in [0.29, 0.717) is 0 Å². The molecule has 154 valence electrons. The minimum atomic E-state index is -0.144. The monoisotopic (exact) mass is 411 g/mol. The highest BCUT2D eigenvalue weighted by Gasteiger charge is 2.33. The fourth-order valence-corrected chi connectivity index (χ4v) is 3.82. The summed E-state index contributed by atoms with van der Waals surface area (Å²) in [6, 6.07) is 17.8. The molecule has 1 amide bonds. The second-order valence-electron chi connectivity index (χ2n) is 7.53. The van der Waals surface area contributed by atoms with Gasteiger partial charge in [0.1, 0.15) is 23.5 Å². The molecular formula is C24H21N5O2. The van der Waals surface area contributed by atoms with E-state index in [4.69, 9.17) is 9.84 Å². The first-order chi connectivity index (χ1) is 15.2. The molecule has 1 fully saturated rings. The van der Waals surface area contributed by atoms with Crippen LogP contribution in [0.5, 0.6) is 11.5 Å². The lowest BCUT2D eigenvalue weighted by molar-refractivity contribution is -0.117. The van der Waals surface area contributed by atoms with E-state index in [2.05, 4.69) is 21.9 Å². The largest absolute Gasteiger partial charge is 0.457 e. The van der Waals surface area contributed by atoms with E-state index in [-0.39, 0.29) is 18.0 Å². The molecule has 7 nitrogen and oxygen atoms in total. The lowest BCUT2D eigenvalue weighted by Crippen LogP contribution is -2.44. The number of para-hydroxylation sites is 1. The van der Waals surface area contributed by atoms with E-state index in [1.54, 1.807) is 6.20 Å². The van der Waals surface area contributed by atoms with Crippen LogP contribution in [-0.4, -0.2) is 31.7 Å². The molecule has 2 aromatic heterocycles. The van der Waals surface area contributed by atoms with Gasteiger partial charge >= 0.3 is 0 Å². The normalized spacial score (nSPS) is 17.7. The fourth-order valence-electron chi connectivity index (χ4n) is 3.82. The van der Waals surface area contributed by atoms with Crippen molar-refractivity contribution in [2.45, 2.75) is 24.9 Å². The predicted molar refractivity (Wildman–Crippen MR) is 118 cm³/mol. The van der Waals surface area contributed by atoms with Crippen LogP contribution in [0.1, 0.15) is 18.9 Å². The first-order valence-corrected chi connectivity index (χ1v) is 10.2. The summed E-state index contributed by atoms with van der Waals surface area (Å²) in [5.41, 5.74) is 2.60. The Labute approximate surface area is 179 Å². The average molecular weight is 411 g/mol. The number of nitrogens with zero attached hydrogens (tertiary/aromatic N) is 4. The van der Waals surface area contributed by atoms with Crippen molar-refractivity contribution in [2.75, 3.05) is 0 Å². The lowest BCUT2D eigenvalue weighted by Gasteiger charge is -2.35. The molecule has 2 heterocycles. The topological polar surface area (TPSA) is 81.9 Å². The molecule has 0 spiro atoms. The number of rotatable bonds is 6. The molecule has 0 radical (unpaired) electrons. The third-order valence-corrected chi connectivity index (χ3v) is 5.47. The number of benzene rings is 2. The summed E-state index contributed by atoms with van der Waals surface area (Å²) >= 11 is 0. The second-order valence-corrected chi connectivity index (χ2v) is 7.53. The van der Waals surface area contributed by atoms with Crippen molar-refractivity contribution in [3.8, 4) is 22.8 Å². The Morgan fingerprint density at radius 1 is 1.10 bits per heavy atom. The van der Waals surface area contributed by atoms with Crippen LogP contribution >= 0.6 is 0 Å². The summed E-state index contributed by atoms with van der Waals surface area (Å²) in [6.07, 6.45) is 6.25. The second kappa shape index (κ2) is 8.02. The third kappa shape index (κ3) is 3.77. The van der Waals surface area contributed by atoms with Crippen LogP contribution in [0, 0.1) is 0 Å². The Hall–Kier alpha value is -4.00. The van der Waals surface area contributed by atoms with Crippen molar-refractivity contribution in [1.82, 2.24) is 25.1 Å². The van der Waals surface area contributed by atoms with Gasteiger partial charge < -0.3 is 10.1 Å². The summed E-state index contributed by atoms with van der Waals surface area (Å²) in [7, 11) is 0. The first-order valence-electron chi connectivity index (χ1n) is 10.2. The zero-order chi connectivity index (χ0) is 21.2. The van der Waals surface area contributed by atoms with Crippen LogP contribution in [0.4, 0.5) is 0 Å². The van der Waals surface area contributed by atoms with Crippen molar-refractivity contribution in [3.05, 3.63) is 79.8 Å². The van der Waals surface area contributed by atoms with E-state index in [1.807, 2.05) is 59.3 Å². The first kappa shape index (κ1) is 19.0. The number of aromatic nitrogens is 4. The molecule has 0 unspecified atom stereocenters. The van der Waals surface area contributed by atoms with E-state index in [1.165, 1.54) is 12.4 Å². The Morgan fingerprint density at radius 2 is 1.84 bits per heavy atom. The Balaban J connectivity index is 1.39. The van der Waals surface area contributed by atoms with Gasteiger partial charge in [0.15, 0.2) is 5.65 Å². The average Bonchev–Trinajstić information content (AvgIpc) is 3.16. The zero-order valence-electron chi connectivity index (χ0n) is 16.8. The van der Waals surface area contributed by atoms with Crippen molar-refractivity contribution in [2.24, 2.45) is 0 Å². The maximum Gasteiger partial charge on any atom is 0.243 e. The van der Waals surface area contributed by atoms with Gasteiger partial charge in [0, 0.05) is 17.8 Å². The van der Waals surface area contributed by atoms with Gasteiger partial charge in [-0.1, -0.05) is 24.8 Å². The Kier molecular flexibility index (Phi) is 4.92. The van der Waals surface area contributed by atoms with E-state index < -0.39 is 0 Å². The molecule has 0 aliphatic heterocycles. The van der Waals surface area contributed by atoms with Gasteiger partial charge in [0.25, 0.3) is 0 Å². The summed E-state index contributed by atoms with van der Waals surface area (Å²) in [5, 5.41) is 8.70. The molecule has 0 saturated heterocycles. The molecule has 0 bridgehead atoms. The van der Waals surface area contributed by atoms with Crippen LogP contribution in [-0.2, 0) is 4.79 Å². The maximum absolute atomic E-state index is 11.5. The quantitative estimate of drug-likeness (QED) is 0.479. The van der Waals surface area contributed by atoms with Crippen molar-refractivity contribution >= 4 is 16.9 Å². The molecule has 1 saturated carbocycles. The number of hydrogen-bond donors (Lipinski definition) is 1. The predicted octanol–water partition coefficient (Wildman–Crippen LogP) is 4.29. The van der Waals surface area contributed by atoms with Gasteiger partial charge in [-0.15, -0.1) is 0 Å². The van der Waals surface area contributed by atoms with Crippen LogP contribution < -0.4 is 10.1 Å². The number of hydrogen-bond acceptors (Lipinski definition) is 5. The summed E-state index contributed by atoms with van der Waals surface area (Å²) in [6.45, 7) is 3.50. The number of fused-ring (bicyclic) bond motifs is 1. The van der Waals surface area contributed by atoms with Crippen LogP contribution in [0.25, 0.3) is 22.3 Å². The van der Waals surface area contributed by atoms with Crippen LogP contribution in [0.15, 0.2) is 79.8 Å². The maximum atomic E-state index is 11.5. The van der Waals surface area contributed by atoms with Crippen molar-refractivity contribution in [1.29, 1.82) is 0 Å². The Morgan fingerprint density at radius 3 is 2.58 bits per heavy atom. The molecule has 1 aliphatic rings. The van der Waals surface area contributed by atoms with Gasteiger partial charge in [0.2, 0.25) is 5.91 Å².